The van der Waals surface area contributed by atoms with E-state index in [0.29, 0.717) is 16.6 Å². The molecule has 0 atom stereocenters. The van der Waals surface area contributed by atoms with Crippen molar-refractivity contribution in [3.8, 4) is 0 Å². The number of aryl methyl sites for hydroxylation is 3. The van der Waals surface area contributed by atoms with Crippen molar-refractivity contribution < 1.29 is 4.79 Å². The van der Waals surface area contributed by atoms with Crippen molar-refractivity contribution in [2.75, 3.05) is 5.32 Å². The second-order valence-corrected chi connectivity index (χ2v) is 6.50. The lowest BCUT2D eigenvalue weighted by molar-refractivity contribution is -0.116. The number of pyridine rings is 1. The van der Waals surface area contributed by atoms with E-state index in [2.05, 4.69) is 20.4 Å². The molecule has 0 unspecified atom stereocenters. The number of carbonyl (C=O) groups excluding carboxylic acids is 1. The first-order valence-electron chi connectivity index (χ1n) is 8.48. The van der Waals surface area contributed by atoms with Crippen LogP contribution in [-0.2, 0) is 18.4 Å². The number of carbonyl (C=O) groups is 1. The molecule has 4 rings (SSSR count). The van der Waals surface area contributed by atoms with Crippen LogP contribution in [0.5, 0.6) is 0 Å². The highest BCUT2D eigenvalue weighted by Crippen LogP contribution is 2.19. The largest absolute Gasteiger partial charge is 0.323 e. The Kier molecular flexibility index (Phi) is 3.95. The number of benzene rings is 1. The van der Waals surface area contributed by atoms with E-state index in [1.807, 2.05) is 39.1 Å². The molecule has 0 saturated heterocycles. The maximum Gasteiger partial charge on any atom is 0.261 e. The predicted molar refractivity (Wildman–Crippen MR) is 103 cm³/mol. The third-order valence-corrected chi connectivity index (χ3v) is 4.52. The maximum absolute atomic E-state index is 12.6. The van der Waals surface area contributed by atoms with Crippen LogP contribution in [0.2, 0.25) is 0 Å². The molecule has 0 aliphatic rings. The summed E-state index contributed by atoms with van der Waals surface area (Å²) in [4.78, 5) is 33.7. The van der Waals surface area contributed by atoms with Crippen molar-refractivity contribution in [1.82, 2.24) is 24.3 Å². The number of nitrogens with zero attached hydrogens (tertiary/aromatic N) is 5. The van der Waals surface area contributed by atoms with Gasteiger partial charge in [-0.1, -0.05) is 12.1 Å². The molecule has 4 aromatic rings. The van der Waals surface area contributed by atoms with Crippen LogP contribution in [0.1, 0.15) is 11.3 Å². The quantitative estimate of drug-likeness (QED) is 0.601. The number of hydrogen-bond acceptors (Lipinski definition) is 5. The molecule has 1 amide bonds. The zero-order chi connectivity index (χ0) is 19.1. The maximum atomic E-state index is 12.6. The zero-order valence-corrected chi connectivity index (χ0v) is 15.2. The lowest BCUT2D eigenvalue weighted by atomic mass is 10.1. The fourth-order valence-electron chi connectivity index (χ4n) is 3.18. The number of amides is 1. The van der Waals surface area contributed by atoms with E-state index in [1.165, 1.54) is 10.9 Å². The molecule has 0 aliphatic heterocycles. The highest BCUT2D eigenvalue weighted by atomic mass is 16.2. The predicted octanol–water partition coefficient (Wildman–Crippen LogP) is 1.93. The molecule has 3 heterocycles. The van der Waals surface area contributed by atoms with Gasteiger partial charge in [-0.3, -0.25) is 18.8 Å². The number of aromatic nitrogens is 5. The lowest BCUT2D eigenvalue weighted by Crippen LogP contribution is -2.28. The van der Waals surface area contributed by atoms with Crippen LogP contribution < -0.4 is 10.9 Å². The Bertz CT molecular complexity index is 1250. The molecule has 136 valence electrons. The van der Waals surface area contributed by atoms with Gasteiger partial charge in [-0.15, -0.1) is 0 Å². The Morgan fingerprint density at radius 3 is 2.81 bits per heavy atom. The van der Waals surface area contributed by atoms with Gasteiger partial charge in [0.1, 0.15) is 6.54 Å². The number of rotatable bonds is 3. The summed E-state index contributed by atoms with van der Waals surface area (Å²) in [6.45, 7) is 3.66. The number of anilines is 1. The first-order valence-corrected chi connectivity index (χ1v) is 8.48. The summed E-state index contributed by atoms with van der Waals surface area (Å²) in [5.41, 5.74) is 3.47. The van der Waals surface area contributed by atoms with E-state index >= 15 is 0 Å². The topological polar surface area (TPSA) is 94.7 Å². The number of para-hydroxylation sites is 1. The molecule has 0 fully saturated rings. The minimum Gasteiger partial charge on any atom is -0.323 e. The van der Waals surface area contributed by atoms with Crippen LogP contribution in [0.3, 0.4) is 0 Å². The molecule has 27 heavy (non-hydrogen) atoms. The van der Waals surface area contributed by atoms with Crippen LogP contribution in [0.25, 0.3) is 21.9 Å². The average molecular weight is 362 g/mol. The number of hydrogen-bond donors (Lipinski definition) is 1. The van der Waals surface area contributed by atoms with Crippen LogP contribution in [-0.4, -0.2) is 30.2 Å². The van der Waals surface area contributed by atoms with Crippen molar-refractivity contribution in [2.45, 2.75) is 20.4 Å². The lowest BCUT2D eigenvalue weighted by Gasteiger charge is -2.09. The standard InChI is InChI=1S/C19H18N6O2/c1-11-5-4-6-14-17(11)21-10-25(19(14)27)9-16(26)22-13-7-15-12(2)23-24(3)18(15)20-8-13/h4-8,10H,9H2,1-3H3,(H,22,26). The van der Waals surface area contributed by atoms with E-state index in [9.17, 15) is 9.59 Å². The molecule has 0 spiro atoms. The average Bonchev–Trinajstić information content (AvgIpc) is 2.92. The molecule has 8 heteroatoms. The van der Waals surface area contributed by atoms with E-state index in [-0.39, 0.29) is 18.0 Å². The fraction of sp³-hybridized carbons (Fsp3) is 0.211. The summed E-state index contributed by atoms with van der Waals surface area (Å²) >= 11 is 0. The smallest absolute Gasteiger partial charge is 0.261 e. The molecule has 0 saturated carbocycles. The Morgan fingerprint density at radius 2 is 2.00 bits per heavy atom. The summed E-state index contributed by atoms with van der Waals surface area (Å²) in [6, 6.07) is 7.25. The van der Waals surface area contributed by atoms with E-state index in [0.717, 1.165) is 22.3 Å². The molecule has 3 aromatic heterocycles. The second-order valence-electron chi connectivity index (χ2n) is 6.50. The molecular formula is C19H18N6O2. The molecular weight excluding hydrogens is 344 g/mol. The SMILES string of the molecule is Cc1nn(C)c2ncc(NC(=O)Cn3cnc4c(C)cccc4c3=O)cc12. The zero-order valence-electron chi connectivity index (χ0n) is 15.2. The normalized spacial score (nSPS) is 11.2. The molecule has 0 bridgehead atoms. The number of nitrogens with one attached hydrogen (secondary N) is 1. The van der Waals surface area contributed by atoms with Crippen LogP contribution in [0.15, 0.2) is 41.6 Å². The molecule has 1 aromatic carbocycles. The van der Waals surface area contributed by atoms with Gasteiger partial charge in [0, 0.05) is 12.4 Å². The van der Waals surface area contributed by atoms with Gasteiger partial charge >= 0.3 is 0 Å². The minimum absolute atomic E-state index is 0.125. The molecule has 0 radical (unpaired) electrons. The third-order valence-electron chi connectivity index (χ3n) is 4.52. The van der Waals surface area contributed by atoms with Gasteiger partial charge in [-0.2, -0.15) is 5.10 Å². The highest BCUT2D eigenvalue weighted by Gasteiger charge is 2.11. The van der Waals surface area contributed by atoms with Crippen molar-refractivity contribution in [2.24, 2.45) is 7.05 Å². The summed E-state index contributed by atoms with van der Waals surface area (Å²) in [7, 11) is 1.82. The van der Waals surface area contributed by atoms with Crippen molar-refractivity contribution in [1.29, 1.82) is 0 Å². The van der Waals surface area contributed by atoms with Crippen LogP contribution in [0.4, 0.5) is 5.69 Å². The van der Waals surface area contributed by atoms with Crippen molar-refractivity contribution in [3.05, 3.63) is 58.4 Å². The molecule has 1 N–H and O–H groups in total. The Balaban J connectivity index is 1.60. The summed E-state index contributed by atoms with van der Waals surface area (Å²) in [6.07, 6.45) is 2.98. The molecule has 8 nitrogen and oxygen atoms in total. The molecule has 0 aliphatic carbocycles. The Hall–Kier alpha value is -3.55. The van der Waals surface area contributed by atoms with Crippen molar-refractivity contribution >= 4 is 33.5 Å². The van der Waals surface area contributed by atoms with Gasteiger partial charge in [0.05, 0.1) is 34.8 Å². The van der Waals surface area contributed by atoms with Crippen molar-refractivity contribution in [3.63, 3.8) is 0 Å². The van der Waals surface area contributed by atoms with Gasteiger partial charge in [0.15, 0.2) is 5.65 Å². The first kappa shape index (κ1) is 16.9. The second kappa shape index (κ2) is 6.31. The van der Waals surface area contributed by atoms with Crippen LogP contribution in [0, 0.1) is 13.8 Å². The van der Waals surface area contributed by atoms with Gasteiger partial charge in [-0.25, -0.2) is 9.97 Å². The third kappa shape index (κ3) is 2.95. The first-order chi connectivity index (χ1) is 12.9. The summed E-state index contributed by atoms with van der Waals surface area (Å²) in [5, 5.41) is 8.46. The van der Waals surface area contributed by atoms with Gasteiger partial charge in [0.25, 0.3) is 5.56 Å². The van der Waals surface area contributed by atoms with Crippen LogP contribution >= 0.6 is 0 Å². The van der Waals surface area contributed by atoms with E-state index in [1.54, 1.807) is 16.9 Å². The highest BCUT2D eigenvalue weighted by molar-refractivity contribution is 5.93. The monoisotopic (exact) mass is 362 g/mol. The summed E-state index contributed by atoms with van der Waals surface area (Å²) < 4.78 is 3.00. The summed E-state index contributed by atoms with van der Waals surface area (Å²) in [5.74, 6) is -0.325. The van der Waals surface area contributed by atoms with Gasteiger partial charge < -0.3 is 5.32 Å². The minimum atomic E-state index is -0.325. The van der Waals surface area contributed by atoms with E-state index in [4.69, 9.17) is 0 Å². The van der Waals surface area contributed by atoms with E-state index < -0.39 is 0 Å². The Morgan fingerprint density at radius 1 is 1.19 bits per heavy atom. The number of fused-ring (bicyclic) bond motifs is 2. The van der Waals surface area contributed by atoms with Gasteiger partial charge in [-0.05, 0) is 31.5 Å². The van der Waals surface area contributed by atoms with Gasteiger partial charge in [0.2, 0.25) is 5.91 Å². The fourth-order valence-corrected chi connectivity index (χ4v) is 3.18. The Labute approximate surface area is 154 Å².